The molecule has 2 saturated heterocycles. The second kappa shape index (κ2) is 7.98. The maximum Gasteiger partial charge on any atom is 0.328 e. The normalized spacial score (nSPS) is 24.0. The molecule has 0 unspecified atom stereocenters. The number of piperidine rings is 1. The maximum absolute atomic E-state index is 13.0. The van der Waals surface area contributed by atoms with Crippen molar-refractivity contribution in [3.8, 4) is 0 Å². The molecule has 148 valence electrons. The van der Waals surface area contributed by atoms with Crippen molar-refractivity contribution in [1.29, 1.82) is 0 Å². The Labute approximate surface area is 160 Å². The van der Waals surface area contributed by atoms with Crippen molar-refractivity contribution in [2.24, 2.45) is 0 Å². The number of amides is 1. The third-order valence-corrected chi connectivity index (χ3v) is 7.43. The number of carbonyl (C=O) groups is 2. The third kappa shape index (κ3) is 3.87. The number of ether oxygens (including phenoxy) is 1. The van der Waals surface area contributed by atoms with E-state index in [4.69, 9.17) is 4.74 Å². The molecule has 2 aliphatic heterocycles. The Morgan fingerprint density at radius 2 is 1.89 bits per heavy atom. The number of nitrogens with zero attached hydrogens (tertiary/aromatic N) is 2. The van der Waals surface area contributed by atoms with E-state index in [1.807, 2.05) is 6.92 Å². The number of hydrogen-bond acceptors (Lipinski definition) is 5. The van der Waals surface area contributed by atoms with Crippen LogP contribution < -0.4 is 0 Å². The van der Waals surface area contributed by atoms with Gasteiger partial charge in [-0.05, 0) is 50.8 Å². The van der Waals surface area contributed by atoms with Crippen LogP contribution in [0.1, 0.15) is 49.4 Å². The summed E-state index contributed by atoms with van der Waals surface area (Å²) in [5, 5.41) is 0. The van der Waals surface area contributed by atoms with Gasteiger partial charge >= 0.3 is 5.97 Å². The maximum atomic E-state index is 13.0. The molecule has 2 fully saturated rings. The summed E-state index contributed by atoms with van der Waals surface area (Å²) >= 11 is 0. The Morgan fingerprint density at radius 3 is 2.59 bits per heavy atom. The summed E-state index contributed by atoms with van der Waals surface area (Å²) in [6.07, 6.45) is 3.98. The Hall–Kier alpha value is -1.93. The van der Waals surface area contributed by atoms with Crippen molar-refractivity contribution in [3.63, 3.8) is 0 Å². The van der Waals surface area contributed by atoms with Gasteiger partial charge in [-0.1, -0.05) is 12.5 Å². The lowest BCUT2D eigenvalue weighted by Crippen LogP contribution is -2.42. The largest absolute Gasteiger partial charge is 0.467 e. The molecule has 1 aromatic rings. The molecular formula is C19H26N2O5S. The molecule has 8 heteroatoms. The van der Waals surface area contributed by atoms with Gasteiger partial charge < -0.3 is 9.64 Å². The van der Waals surface area contributed by atoms with E-state index >= 15 is 0 Å². The van der Waals surface area contributed by atoms with Gasteiger partial charge in [0.05, 0.1) is 12.0 Å². The molecule has 0 spiro atoms. The molecule has 1 amide bonds. The Balaban J connectivity index is 1.87. The zero-order valence-corrected chi connectivity index (χ0v) is 16.6. The molecule has 2 atom stereocenters. The van der Waals surface area contributed by atoms with Crippen molar-refractivity contribution in [1.82, 2.24) is 9.21 Å². The number of sulfonamides is 1. The van der Waals surface area contributed by atoms with E-state index in [1.165, 1.54) is 28.4 Å². The van der Waals surface area contributed by atoms with Crippen LogP contribution in [-0.2, 0) is 19.6 Å². The topological polar surface area (TPSA) is 84.0 Å². The van der Waals surface area contributed by atoms with E-state index in [0.29, 0.717) is 19.5 Å². The molecule has 2 heterocycles. The minimum atomic E-state index is -3.65. The number of hydrogen-bond donors (Lipinski definition) is 0. The first-order valence-corrected chi connectivity index (χ1v) is 10.8. The Bertz CT molecular complexity index is 823. The quantitative estimate of drug-likeness (QED) is 0.730. The molecule has 0 N–H and O–H groups in total. The lowest BCUT2D eigenvalue weighted by molar-refractivity contribution is -0.145. The summed E-state index contributed by atoms with van der Waals surface area (Å²) in [5.41, 5.74) is 0.275. The SMILES string of the molecule is COC(=O)[C@H]1CCCN1C(=O)c1cccc(S(=O)(=O)N2CCCC[C@@H]2C)c1. The van der Waals surface area contributed by atoms with Gasteiger partial charge in [-0.15, -0.1) is 0 Å². The number of methoxy groups -OCH3 is 1. The number of rotatable bonds is 4. The van der Waals surface area contributed by atoms with Crippen LogP contribution in [0.3, 0.4) is 0 Å². The van der Waals surface area contributed by atoms with Gasteiger partial charge in [0, 0.05) is 24.7 Å². The zero-order valence-electron chi connectivity index (χ0n) is 15.8. The predicted octanol–water partition coefficient (Wildman–Crippen LogP) is 2.03. The van der Waals surface area contributed by atoms with Gasteiger partial charge in [0.1, 0.15) is 6.04 Å². The van der Waals surface area contributed by atoms with E-state index in [1.54, 1.807) is 12.1 Å². The summed E-state index contributed by atoms with van der Waals surface area (Å²) in [5.74, 6) is -0.779. The average molecular weight is 394 g/mol. The summed E-state index contributed by atoms with van der Waals surface area (Å²) in [4.78, 5) is 26.4. The number of likely N-dealkylation sites (tertiary alicyclic amines) is 1. The standard InChI is InChI=1S/C19H26N2O5S/c1-14-7-3-4-12-21(14)27(24,25)16-9-5-8-15(13-16)18(22)20-11-6-10-17(20)19(23)26-2/h5,8-9,13-14,17H,3-4,6-7,10-12H2,1-2H3/t14-,17+/m0/s1. The summed E-state index contributed by atoms with van der Waals surface area (Å²) in [6, 6.07) is 5.46. The van der Waals surface area contributed by atoms with E-state index in [2.05, 4.69) is 0 Å². The zero-order chi connectivity index (χ0) is 19.6. The Kier molecular flexibility index (Phi) is 5.86. The summed E-state index contributed by atoms with van der Waals surface area (Å²) < 4.78 is 32.4. The van der Waals surface area contributed by atoms with E-state index < -0.39 is 22.0 Å². The summed E-state index contributed by atoms with van der Waals surface area (Å²) in [7, 11) is -2.35. The van der Waals surface area contributed by atoms with Crippen LogP contribution in [0.2, 0.25) is 0 Å². The fourth-order valence-electron chi connectivity index (χ4n) is 3.91. The van der Waals surface area contributed by atoms with Crippen molar-refractivity contribution >= 4 is 21.9 Å². The lowest BCUT2D eigenvalue weighted by atomic mass is 10.1. The van der Waals surface area contributed by atoms with Crippen LogP contribution >= 0.6 is 0 Å². The first-order chi connectivity index (χ1) is 12.9. The first kappa shape index (κ1) is 19.8. The molecule has 0 saturated carbocycles. The molecule has 2 aliphatic rings. The number of esters is 1. The van der Waals surface area contributed by atoms with Gasteiger partial charge in [0.15, 0.2) is 0 Å². The molecule has 0 bridgehead atoms. The van der Waals surface area contributed by atoms with Crippen molar-refractivity contribution < 1.29 is 22.7 Å². The molecule has 0 radical (unpaired) electrons. The molecule has 3 rings (SSSR count). The van der Waals surface area contributed by atoms with Gasteiger partial charge in [0.25, 0.3) is 5.91 Å². The molecule has 7 nitrogen and oxygen atoms in total. The Morgan fingerprint density at radius 1 is 1.11 bits per heavy atom. The third-order valence-electron chi connectivity index (χ3n) is 5.42. The van der Waals surface area contributed by atoms with Crippen LogP contribution in [-0.4, -0.2) is 61.8 Å². The summed E-state index contributed by atoms with van der Waals surface area (Å²) in [6.45, 7) is 2.87. The van der Waals surface area contributed by atoms with E-state index in [0.717, 1.165) is 25.7 Å². The van der Waals surface area contributed by atoms with Crippen molar-refractivity contribution in [3.05, 3.63) is 29.8 Å². The van der Waals surface area contributed by atoms with E-state index in [9.17, 15) is 18.0 Å². The number of benzene rings is 1. The van der Waals surface area contributed by atoms with Gasteiger partial charge in [-0.25, -0.2) is 13.2 Å². The second-order valence-corrected chi connectivity index (χ2v) is 9.06. The average Bonchev–Trinajstić information content (AvgIpc) is 3.17. The van der Waals surface area contributed by atoms with Crippen LogP contribution in [0.4, 0.5) is 0 Å². The van der Waals surface area contributed by atoms with Gasteiger partial charge in [0.2, 0.25) is 10.0 Å². The van der Waals surface area contributed by atoms with Crippen LogP contribution in [0.5, 0.6) is 0 Å². The second-order valence-electron chi connectivity index (χ2n) is 7.17. The smallest absolute Gasteiger partial charge is 0.328 e. The fraction of sp³-hybridized carbons (Fsp3) is 0.579. The predicted molar refractivity (Wildman–Crippen MR) is 99.7 cm³/mol. The highest BCUT2D eigenvalue weighted by Gasteiger charge is 2.36. The highest BCUT2D eigenvalue weighted by molar-refractivity contribution is 7.89. The van der Waals surface area contributed by atoms with Crippen molar-refractivity contribution in [2.75, 3.05) is 20.2 Å². The monoisotopic (exact) mass is 394 g/mol. The minimum absolute atomic E-state index is 0.0506. The minimum Gasteiger partial charge on any atom is -0.467 e. The molecule has 27 heavy (non-hydrogen) atoms. The van der Waals surface area contributed by atoms with Crippen LogP contribution in [0, 0.1) is 0 Å². The number of carbonyl (C=O) groups excluding carboxylic acids is 2. The highest BCUT2D eigenvalue weighted by Crippen LogP contribution is 2.27. The van der Waals surface area contributed by atoms with E-state index in [-0.39, 0.29) is 22.4 Å². The molecule has 0 aromatic heterocycles. The highest BCUT2D eigenvalue weighted by atomic mass is 32.2. The first-order valence-electron chi connectivity index (χ1n) is 9.37. The van der Waals surface area contributed by atoms with Gasteiger partial charge in [-0.2, -0.15) is 4.31 Å². The molecule has 0 aliphatic carbocycles. The molecule has 1 aromatic carbocycles. The lowest BCUT2D eigenvalue weighted by Gasteiger charge is -2.32. The van der Waals surface area contributed by atoms with Gasteiger partial charge in [-0.3, -0.25) is 4.79 Å². The fourth-order valence-corrected chi connectivity index (χ4v) is 5.66. The van der Waals surface area contributed by atoms with Crippen LogP contribution in [0.15, 0.2) is 29.2 Å². The van der Waals surface area contributed by atoms with Crippen LogP contribution in [0.25, 0.3) is 0 Å². The molecular weight excluding hydrogens is 368 g/mol. The van der Waals surface area contributed by atoms with Crippen molar-refractivity contribution in [2.45, 2.75) is 56.0 Å².